The number of ether oxygens (including phenoxy) is 2. The number of hydrogen-bond acceptors (Lipinski definition) is 2. The molecule has 2 aromatic carbocycles. The summed E-state index contributed by atoms with van der Waals surface area (Å²) in [4.78, 5) is 0. The highest BCUT2D eigenvalue weighted by atomic mass is 35.5. The first-order valence-corrected chi connectivity index (χ1v) is 6.85. The van der Waals surface area contributed by atoms with E-state index in [1.54, 1.807) is 19.2 Å². The highest BCUT2D eigenvalue weighted by Gasteiger charge is 2.11. The van der Waals surface area contributed by atoms with Crippen molar-refractivity contribution in [2.24, 2.45) is 0 Å². The molecule has 2 aromatic rings. The molecule has 0 heterocycles. The molecule has 0 spiro atoms. The van der Waals surface area contributed by atoms with Crippen LogP contribution in [0.4, 0.5) is 4.39 Å². The number of benzene rings is 2. The van der Waals surface area contributed by atoms with E-state index in [0.717, 1.165) is 5.56 Å². The minimum Gasteiger partial charge on any atom is -0.493 e. The van der Waals surface area contributed by atoms with Crippen LogP contribution < -0.4 is 9.47 Å². The summed E-state index contributed by atoms with van der Waals surface area (Å²) >= 11 is 11.8. The molecule has 0 unspecified atom stereocenters. The van der Waals surface area contributed by atoms with E-state index in [4.69, 9.17) is 32.7 Å². The quantitative estimate of drug-likeness (QED) is 0.738. The Labute approximate surface area is 127 Å². The van der Waals surface area contributed by atoms with Crippen molar-refractivity contribution in [1.82, 2.24) is 0 Å². The maximum absolute atomic E-state index is 13.0. The van der Waals surface area contributed by atoms with Crippen LogP contribution in [-0.4, -0.2) is 7.11 Å². The van der Waals surface area contributed by atoms with E-state index in [1.165, 1.54) is 12.1 Å². The molecule has 0 aliphatic heterocycles. The van der Waals surface area contributed by atoms with E-state index >= 15 is 0 Å². The van der Waals surface area contributed by atoms with Crippen molar-refractivity contribution in [1.29, 1.82) is 0 Å². The van der Waals surface area contributed by atoms with Gasteiger partial charge in [0.1, 0.15) is 12.4 Å². The smallest absolute Gasteiger partial charge is 0.166 e. The fourth-order valence-corrected chi connectivity index (χ4v) is 2.21. The van der Waals surface area contributed by atoms with Gasteiger partial charge in [0.2, 0.25) is 0 Å². The van der Waals surface area contributed by atoms with Crippen LogP contribution >= 0.6 is 23.2 Å². The summed E-state index contributed by atoms with van der Waals surface area (Å²) < 4.78 is 24.0. The Morgan fingerprint density at radius 1 is 1.15 bits per heavy atom. The predicted molar refractivity (Wildman–Crippen MR) is 78.3 cm³/mol. The minimum atomic E-state index is -0.377. The second kappa shape index (κ2) is 6.82. The van der Waals surface area contributed by atoms with Crippen LogP contribution in [0.2, 0.25) is 5.02 Å². The zero-order valence-electron chi connectivity index (χ0n) is 10.8. The van der Waals surface area contributed by atoms with Crippen LogP contribution in [0.5, 0.6) is 11.5 Å². The van der Waals surface area contributed by atoms with Crippen LogP contribution in [0, 0.1) is 5.82 Å². The predicted octanol–water partition coefficient (Wildman–Crippen LogP) is 4.81. The van der Waals surface area contributed by atoms with Gasteiger partial charge in [0.05, 0.1) is 18.0 Å². The van der Waals surface area contributed by atoms with Gasteiger partial charge < -0.3 is 9.47 Å². The monoisotopic (exact) mass is 314 g/mol. The molecule has 0 aromatic heterocycles. The summed E-state index contributed by atoms with van der Waals surface area (Å²) in [5.74, 6) is 1.10. The van der Waals surface area contributed by atoms with E-state index in [2.05, 4.69) is 0 Å². The van der Waals surface area contributed by atoms with Gasteiger partial charge in [-0.15, -0.1) is 11.6 Å². The Balaban J connectivity index is 2.22. The minimum absolute atomic E-state index is 0.212. The molecule has 0 aliphatic rings. The Morgan fingerprint density at radius 2 is 1.95 bits per heavy atom. The standard InChI is InChI=1S/C15H13Cl2FO2/c1-19-14-4-2-3-10(8-16)15(14)20-9-11-5-6-12(18)7-13(11)17/h2-7H,8-9H2,1H3. The Bertz CT molecular complexity index is 580. The van der Waals surface area contributed by atoms with Gasteiger partial charge in [-0.05, 0) is 18.2 Å². The van der Waals surface area contributed by atoms with Gasteiger partial charge in [-0.2, -0.15) is 0 Å². The normalized spacial score (nSPS) is 10.4. The molecule has 0 bridgehead atoms. The number of halogens is 3. The molecule has 0 saturated heterocycles. The maximum Gasteiger partial charge on any atom is 0.166 e. The average Bonchev–Trinajstić information content (AvgIpc) is 2.46. The van der Waals surface area contributed by atoms with Crippen molar-refractivity contribution < 1.29 is 13.9 Å². The molecule has 0 N–H and O–H groups in total. The third-order valence-electron chi connectivity index (χ3n) is 2.81. The summed E-state index contributed by atoms with van der Waals surface area (Å²) in [7, 11) is 1.56. The lowest BCUT2D eigenvalue weighted by molar-refractivity contribution is 0.282. The van der Waals surface area contributed by atoms with Crippen molar-refractivity contribution in [3.63, 3.8) is 0 Å². The highest BCUT2D eigenvalue weighted by molar-refractivity contribution is 6.31. The lowest BCUT2D eigenvalue weighted by Gasteiger charge is -2.14. The molecule has 106 valence electrons. The number of methoxy groups -OCH3 is 1. The molecule has 0 radical (unpaired) electrons. The number of alkyl halides is 1. The molecule has 2 nitrogen and oxygen atoms in total. The van der Waals surface area contributed by atoms with E-state index < -0.39 is 0 Å². The van der Waals surface area contributed by atoms with Gasteiger partial charge in [0, 0.05) is 11.1 Å². The summed E-state index contributed by atoms with van der Waals surface area (Å²) in [5.41, 5.74) is 1.52. The van der Waals surface area contributed by atoms with Crippen molar-refractivity contribution in [2.75, 3.05) is 7.11 Å². The first-order chi connectivity index (χ1) is 9.65. The topological polar surface area (TPSA) is 18.5 Å². The molecule has 2 rings (SSSR count). The molecule has 0 aliphatic carbocycles. The summed E-state index contributed by atoms with van der Waals surface area (Å²) in [6.07, 6.45) is 0. The lowest BCUT2D eigenvalue weighted by atomic mass is 10.2. The van der Waals surface area contributed by atoms with Crippen molar-refractivity contribution >= 4 is 23.2 Å². The molecule has 0 saturated carbocycles. The van der Waals surface area contributed by atoms with E-state index in [9.17, 15) is 4.39 Å². The molecule has 20 heavy (non-hydrogen) atoms. The van der Waals surface area contributed by atoms with Crippen molar-refractivity contribution in [2.45, 2.75) is 12.5 Å². The summed E-state index contributed by atoms with van der Waals surface area (Å²) in [6, 6.07) is 9.68. The lowest BCUT2D eigenvalue weighted by Crippen LogP contribution is -2.01. The summed E-state index contributed by atoms with van der Waals surface area (Å²) in [6.45, 7) is 0.212. The Kier molecular flexibility index (Phi) is 5.10. The van der Waals surface area contributed by atoms with Gasteiger partial charge in [-0.1, -0.05) is 29.8 Å². The van der Waals surface area contributed by atoms with Crippen LogP contribution in [0.15, 0.2) is 36.4 Å². The molecule has 0 atom stereocenters. The third kappa shape index (κ3) is 3.35. The van der Waals surface area contributed by atoms with Crippen LogP contribution in [0.25, 0.3) is 0 Å². The van der Waals surface area contributed by atoms with Gasteiger partial charge in [-0.3, -0.25) is 0 Å². The fraction of sp³-hybridized carbons (Fsp3) is 0.200. The van der Waals surface area contributed by atoms with Crippen LogP contribution in [0.1, 0.15) is 11.1 Å². The average molecular weight is 315 g/mol. The van der Waals surface area contributed by atoms with E-state index in [-0.39, 0.29) is 12.4 Å². The number of rotatable bonds is 5. The van der Waals surface area contributed by atoms with E-state index in [1.807, 2.05) is 12.1 Å². The summed E-state index contributed by atoms with van der Waals surface area (Å²) in [5, 5.41) is 0.326. The second-order valence-electron chi connectivity index (χ2n) is 4.11. The van der Waals surface area contributed by atoms with Gasteiger partial charge in [0.25, 0.3) is 0 Å². The van der Waals surface area contributed by atoms with Crippen molar-refractivity contribution in [3.05, 3.63) is 58.4 Å². The maximum atomic E-state index is 13.0. The van der Waals surface area contributed by atoms with Crippen molar-refractivity contribution in [3.8, 4) is 11.5 Å². The van der Waals surface area contributed by atoms with Gasteiger partial charge in [0.15, 0.2) is 11.5 Å². The van der Waals surface area contributed by atoms with Crippen LogP contribution in [0.3, 0.4) is 0 Å². The van der Waals surface area contributed by atoms with Gasteiger partial charge in [-0.25, -0.2) is 4.39 Å². The number of para-hydroxylation sites is 1. The third-order valence-corrected chi connectivity index (χ3v) is 3.45. The van der Waals surface area contributed by atoms with E-state index in [0.29, 0.717) is 28.0 Å². The zero-order chi connectivity index (χ0) is 14.5. The first-order valence-electron chi connectivity index (χ1n) is 5.94. The van der Waals surface area contributed by atoms with Gasteiger partial charge >= 0.3 is 0 Å². The zero-order valence-corrected chi connectivity index (χ0v) is 12.3. The molecule has 5 heteroatoms. The number of hydrogen-bond donors (Lipinski definition) is 0. The second-order valence-corrected chi connectivity index (χ2v) is 4.78. The Morgan fingerprint density at radius 3 is 2.60 bits per heavy atom. The molecule has 0 fully saturated rings. The molecular weight excluding hydrogens is 302 g/mol. The fourth-order valence-electron chi connectivity index (χ4n) is 1.78. The Hall–Kier alpha value is -1.45. The molecule has 0 amide bonds. The largest absolute Gasteiger partial charge is 0.493 e. The SMILES string of the molecule is COc1cccc(CCl)c1OCc1ccc(F)cc1Cl. The highest BCUT2D eigenvalue weighted by Crippen LogP contribution is 2.33. The van der Waals surface area contributed by atoms with Crippen LogP contribution in [-0.2, 0) is 12.5 Å². The first kappa shape index (κ1) is 14.9. The molecular formula is C15H13Cl2FO2.